The molecule has 1 aromatic carbocycles. The van der Waals surface area contributed by atoms with Crippen molar-refractivity contribution in [2.75, 3.05) is 33.3 Å². The van der Waals surface area contributed by atoms with Crippen molar-refractivity contribution in [3.8, 4) is 17.0 Å². The van der Waals surface area contributed by atoms with Gasteiger partial charge < -0.3 is 14.5 Å². The maximum absolute atomic E-state index is 13.3. The Bertz CT molecular complexity index is 977. The topological polar surface area (TPSA) is 41.8 Å². The van der Waals surface area contributed by atoms with Crippen molar-refractivity contribution in [3.05, 3.63) is 53.9 Å². The van der Waals surface area contributed by atoms with Crippen LogP contribution in [0.1, 0.15) is 11.3 Å². The quantitative estimate of drug-likeness (QED) is 0.741. The first-order chi connectivity index (χ1) is 13.5. The molecule has 0 radical (unpaired) electrons. The number of imidazole rings is 1. The normalized spacial score (nSPS) is 15.9. The van der Waals surface area contributed by atoms with Crippen LogP contribution in [0.25, 0.3) is 16.9 Å². The molecule has 28 heavy (non-hydrogen) atoms. The Kier molecular flexibility index (Phi) is 4.99. The van der Waals surface area contributed by atoms with Crippen LogP contribution < -0.4 is 10.1 Å². The van der Waals surface area contributed by atoms with Crippen molar-refractivity contribution in [1.82, 2.24) is 19.6 Å². The fourth-order valence-electron chi connectivity index (χ4n) is 3.49. The molecule has 0 atom stereocenters. The van der Waals surface area contributed by atoms with E-state index in [1.807, 2.05) is 24.3 Å². The van der Waals surface area contributed by atoms with Crippen LogP contribution in [0.5, 0.6) is 5.75 Å². The van der Waals surface area contributed by atoms with E-state index >= 15 is 0 Å². The summed E-state index contributed by atoms with van der Waals surface area (Å²) in [6.07, 6.45) is -3.26. The number of piperazine rings is 1. The summed E-state index contributed by atoms with van der Waals surface area (Å²) in [5, 5.41) is 3.29. The molecular formula is C20H21F3N4O. The number of nitrogens with one attached hydrogen (secondary N) is 1. The molecular weight excluding hydrogens is 369 g/mol. The fraction of sp³-hybridized carbons (Fsp3) is 0.350. The molecule has 3 aromatic rings. The average molecular weight is 390 g/mol. The van der Waals surface area contributed by atoms with Crippen LogP contribution in [0.15, 0.2) is 42.6 Å². The number of rotatable bonds is 4. The van der Waals surface area contributed by atoms with Gasteiger partial charge in [0.05, 0.1) is 24.1 Å². The second-order valence-corrected chi connectivity index (χ2v) is 6.81. The minimum absolute atomic E-state index is 0.496. The van der Waals surface area contributed by atoms with Crippen molar-refractivity contribution < 1.29 is 17.9 Å². The van der Waals surface area contributed by atoms with E-state index in [1.165, 1.54) is 6.07 Å². The molecule has 1 aliphatic rings. The lowest BCUT2D eigenvalue weighted by Gasteiger charge is -2.27. The number of alkyl halides is 3. The number of aromatic nitrogens is 2. The highest BCUT2D eigenvalue weighted by Gasteiger charge is 2.31. The Morgan fingerprint density at radius 2 is 1.93 bits per heavy atom. The van der Waals surface area contributed by atoms with Gasteiger partial charge in [0.1, 0.15) is 11.4 Å². The van der Waals surface area contributed by atoms with Gasteiger partial charge in [-0.15, -0.1) is 0 Å². The first kappa shape index (κ1) is 18.8. The Morgan fingerprint density at radius 1 is 1.14 bits per heavy atom. The molecule has 1 aliphatic heterocycles. The lowest BCUT2D eigenvalue weighted by Crippen LogP contribution is -2.43. The van der Waals surface area contributed by atoms with Crippen molar-refractivity contribution in [3.63, 3.8) is 0 Å². The van der Waals surface area contributed by atoms with Gasteiger partial charge in [0, 0.05) is 44.5 Å². The lowest BCUT2D eigenvalue weighted by molar-refractivity contribution is -0.137. The zero-order valence-corrected chi connectivity index (χ0v) is 15.5. The van der Waals surface area contributed by atoms with Gasteiger partial charge in [-0.1, -0.05) is 12.1 Å². The summed E-state index contributed by atoms with van der Waals surface area (Å²) < 4.78 is 46.7. The molecule has 8 heteroatoms. The van der Waals surface area contributed by atoms with Crippen LogP contribution in [0.2, 0.25) is 0 Å². The van der Waals surface area contributed by atoms with Crippen LogP contribution in [0.4, 0.5) is 13.2 Å². The highest BCUT2D eigenvalue weighted by Crippen LogP contribution is 2.32. The van der Waals surface area contributed by atoms with E-state index in [1.54, 1.807) is 11.5 Å². The summed E-state index contributed by atoms with van der Waals surface area (Å²) in [7, 11) is 1.58. The van der Waals surface area contributed by atoms with Gasteiger partial charge in [0.25, 0.3) is 0 Å². The molecule has 1 saturated heterocycles. The van der Waals surface area contributed by atoms with Crippen molar-refractivity contribution in [2.45, 2.75) is 12.7 Å². The molecule has 0 unspecified atom stereocenters. The first-order valence-electron chi connectivity index (χ1n) is 9.11. The van der Waals surface area contributed by atoms with Crippen LogP contribution in [-0.4, -0.2) is 47.6 Å². The number of pyridine rings is 1. The highest BCUT2D eigenvalue weighted by atomic mass is 19.4. The fourth-order valence-corrected chi connectivity index (χ4v) is 3.49. The monoisotopic (exact) mass is 390 g/mol. The van der Waals surface area contributed by atoms with Crippen molar-refractivity contribution in [1.29, 1.82) is 0 Å². The minimum atomic E-state index is -4.40. The number of hydrogen-bond donors (Lipinski definition) is 1. The predicted octanol–water partition coefficient (Wildman–Crippen LogP) is 3.43. The predicted molar refractivity (Wildman–Crippen MR) is 100 cm³/mol. The van der Waals surface area contributed by atoms with E-state index in [0.29, 0.717) is 23.6 Å². The van der Waals surface area contributed by atoms with E-state index < -0.39 is 11.7 Å². The van der Waals surface area contributed by atoms with Crippen LogP contribution in [0, 0.1) is 0 Å². The standard InChI is InChI=1S/C20H21F3N4O/c1-28-16-4-2-3-14(11-16)19-17(13-26-9-7-24-8-10-26)27-12-15(20(21,22)23)5-6-18(27)25-19/h2-6,11-12,24H,7-10,13H2,1H3. The SMILES string of the molecule is COc1cccc(-c2nc3ccc(C(F)(F)F)cn3c2CN2CCNCC2)c1. The molecule has 2 aromatic heterocycles. The van der Waals surface area contributed by atoms with Gasteiger partial charge in [-0.2, -0.15) is 13.2 Å². The summed E-state index contributed by atoms with van der Waals surface area (Å²) in [6.45, 7) is 3.92. The summed E-state index contributed by atoms with van der Waals surface area (Å²) in [5.41, 5.74) is 2.06. The minimum Gasteiger partial charge on any atom is -0.497 e. The molecule has 0 spiro atoms. The van der Waals surface area contributed by atoms with Crippen LogP contribution in [-0.2, 0) is 12.7 Å². The van der Waals surface area contributed by atoms with E-state index in [4.69, 9.17) is 4.74 Å². The van der Waals surface area contributed by atoms with Crippen molar-refractivity contribution >= 4 is 5.65 Å². The molecule has 3 heterocycles. The lowest BCUT2D eigenvalue weighted by atomic mass is 10.1. The third-order valence-electron chi connectivity index (χ3n) is 4.97. The molecule has 5 nitrogen and oxygen atoms in total. The molecule has 1 N–H and O–H groups in total. The van der Waals surface area contributed by atoms with Gasteiger partial charge >= 0.3 is 6.18 Å². The third kappa shape index (κ3) is 3.70. The maximum Gasteiger partial charge on any atom is 0.417 e. The number of fused-ring (bicyclic) bond motifs is 1. The number of ether oxygens (including phenoxy) is 1. The molecule has 1 fully saturated rings. The largest absolute Gasteiger partial charge is 0.497 e. The number of methoxy groups -OCH3 is 1. The zero-order valence-electron chi connectivity index (χ0n) is 15.5. The Labute approximate surface area is 160 Å². The summed E-state index contributed by atoms with van der Waals surface area (Å²) in [4.78, 5) is 6.87. The number of nitrogens with zero attached hydrogens (tertiary/aromatic N) is 3. The Hall–Kier alpha value is -2.58. The first-order valence-corrected chi connectivity index (χ1v) is 9.11. The zero-order chi connectivity index (χ0) is 19.7. The Balaban J connectivity index is 1.85. The molecule has 0 amide bonds. The maximum atomic E-state index is 13.3. The smallest absolute Gasteiger partial charge is 0.417 e. The molecule has 0 aliphatic carbocycles. The van der Waals surface area contributed by atoms with Crippen molar-refractivity contribution in [2.24, 2.45) is 0 Å². The van der Waals surface area contributed by atoms with Gasteiger partial charge in [0.15, 0.2) is 0 Å². The third-order valence-corrected chi connectivity index (χ3v) is 4.97. The van der Waals surface area contributed by atoms with Gasteiger partial charge in [0.2, 0.25) is 0 Å². The van der Waals surface area contributed by atoms with Gasteiger partial charge in [-0.25, -0.2) is 4.98 Å². The molecule has 0 bridgehead atoms. The van der Waals surface area contributed by atoms with E-state index in [2.05, 4.69) is 15.2 Å². The second-order valence-electron chi connectivity index (χ2n) is 6.81. The average Bonchev–Trinajstić information content (AvgIpc) is 3.06. The van der Waals surface area contributed by atoms with Gasteiger partial charge in [-0.05, 0) is 24.3 Å². The van der Waals surface area contributed by atoms with Crippen LogP contribution in [0.3, 0.4) is 0 Å². The molecule has 4 rings (SSSR count). The number of benzene rings is 1. The van der Waals surface area contributed by atoms with Crippen LogP contribution >= 0.6 is 0 Å². The molecule has 0 saturated carbocycles. The molecule has 148 valence electrons. The number of halogens is 3. The van der Waals surface area contributed by atoms with E-state index in [9.17, 15) is 13.2 Å². The summed E-state index contributed by atoms with van der Waals surface area (Å²) in [6, 6.07) is 9.94. The number of hydrogen-bond acceptors (Lipinski definition) is 4. The summed E-state index contributed by atoms with van der Waals surface area (Å²) >= 11 is 0. The van der Waals surface area contributed by atoms with Gasteiger partial charge in [-0.3, -0.25) is 4.90 Å². The van der Waals surface area contributed by atoms with E-state index in [0.717, 1.165) is 49.7 Å². The van der Waals surface area contributed by atoms with E-state index in [-0.39, 0.29) is 0 Å². The highest BCUT2D eigenvalue weighted by molar-refractivity contribution is 5.68. The second kappa shape index (κ2) is 7.44. The summed E-state index contributed by atoms with van der Waals surface area (Å²) in [5.74, 6) is 0.679. The Morgan fingerprint density at radius 3 is 2.64 bits per heavy atom.